The molecule has 0 saturated carbocycles. The van der Waals surface area contributed by atoms with Crippen molar-refractivity contribution in [2.75, 3.05) is 39.6 Å². The maximum atomic E-state index is 13.1. The molecule has 3 unspecified atom stereocenters. The molecule has 0 fully saturated rings. The van der Waals surface area contributed by atoms with Crippen LogP contribution in [-0.2, 0) is 65.4 Å². The molecule has 0 aliphatic rings. The van der Waals surface area contributed by atoms with E-state index in [0.717, 1.165) is 121 Å². The van der Waals surface area contributed by atoms with Gasteiger partial charge in [-0.1, -0.05) is 374 Å². The summed E-state index contributed by atoms with van der Waals surface area (Å²) < 4.78 is 68.7. The first kappa shape index (κ1) is 102. The molecular weight excluding hydrogens is 1350 g/mol. The maximum Gasteiger partial charge on any atom is 0.472 e. The summed E-state index contributed by atoms with van der Waals surface area (Å²) in [6.07, 6.45) is 70.3. The van der Waals surface area contributed by atoms with E-state index in [4.69, 9.17) is 37.0 Å². The Hall–Kier alpha value is -2.46. The van der Waals surface area contributed by atoms with Crippen molar-refractivity contribution >= 4 is 39.5 Å². The third-order valence-electron chi connectivity index (χ3n) is 19.7. The maximum absolute atomic E-state index is 13.1. The van der Waals surface area contributed by atoms with Crippen LogP contribution in [0.4, 0.5) is 0 Å². The molecule has 0 spiro atoms. The van der Waals surface area contributed by atoms with Crippen molar-refractivity contribution in [1.82, 2.24) is 0 Å². The number of hydrogen-bond acceptors (Lipinski definition) is 15. The van der Waals surface area contributed by atoms with Crippen molar-refractivity contribution in [2.24, 2.45) is 11.8 Å². The number of allylic oxidation sites excluding steroid dienone is 4. The van der Waals surface area contributed by atoms with Crippen LogP contribution in [0.1, 0.15) is 427 Å². The SMILES string of the molecule is CCCCCC/C=C\C=C/CCCCCCCC(=O)O[C@H](COC(=O)CCCCCCCCCC)COP(=O)(O)OC[C@H](O)COP(=O)(O)OC[C@@H](COC(=O)CCCCCCCCCCCCCCCCCCC(C)C)OC(=O)CCCCCCCCCCCCCCCCCCCCC(C)CC. The number of esters is 4. The van der Waals surface area contributed by atoms with Crippen LogP contribution in [-0.4, -0.2) is 96.7 Å². The van der Waals surface area contributed by atoms with E-state index in [2.05, 4.69) is 65.8 Å². The lowest BCUT2D eigenvalue weighted by molar-refractivity contribution is -0.161. The number of hydrogen-bond donors (Lipinski definition) is 3. The molecule has 17 nitrogen and oxygen atoms in total. The number of carbonyl (C=O) groups excluding carboxylic acids is 4. The summed E-state index contributed by atoms with van der Waals surface area (Å²) in [6.45, 7) is 9.66. The van der Waals surface area contributed by atoms with Crippen molar-refractivity contribution < 1.29 is 80.2 Å². The quantitative estimate of drug-likeness (QED) is 0.0169. The molecule has 0 bridgehead atoms. The normalized spacial score (nSPS) is 14.2. The highest BCUT2D eigenvalue weighted by Crippen LogP contribution is 2.45. The van der Waals surface area contributed by atoms with E-state index in [0.29, 0.717) is 25.7 Å². The number of phosphoric ester groups is 2. The van der Waals surface area contributed by atoms with Crippen LogP contribution >= 0.6 is 15.6 Å². The molecule has 614 valence electrons. The minimum Gasteiger partial charge on any atom is -0.462 e. The van der Waals surface area contributed by atoms with Crippen LogP contribution in [0, 0.1) is 11.8 Å². The summed E-state index contributed by atoms with van der Waals surface area (Å²) >= 11 is 0. The molecule has 0 rings (SSSR count). The highest BCUT2D eigenvalue weighted by Gasteiger charge is 2.30. The number of phosphoric acid groups is 2. The second-order valence-corrected chi connectivity index (χ2v) is 33.5. The average molecular weight is 1520 g/mol. The molecule has 19 heteroatoms. The minimum atomic E-state index is -4.97. The molecule has 0 amide bonds. The number of rotatable bonds is 82. The van der Waals surface area contributed by atoms with E-state index in [-0.39, 0.29) is 25.7 Å². The zero-order chi connectivity index (χ0) is 76.4. The zero-order valence-corrected chi connectivity index (χ0v) is 69.6. The van der Waals surface area contributed by atoms with E-state index in [1.807, 2.05) is 0 Å². The van der Waals surface area contributed by atoms with Gasteiger partial charge in [-0.3, -0.25) is 37.3 Å². The number of aliphatic hydroxyl groups excluding tert-OH is 1. The number of carbonyl (C=O) groups is 4. The van der Waals surface area contributed by atoms with Crippen LogP contribution in [0.3, 0.4) is 0 Å². The molecule has 0 aromatic heterocycles. The van der Waals surface area contributed by atoms with Gasteiger partial charge in [0.05, 0.1) is 26.4 Å². The average Bonchev–Trinajstić information content (AvgIpc) is 0.910. The van der Waals surface area contributed by atoms with Gasteiger partial charge in [0.2, 0.25) is 0 Å². The van der Waals surface area contributed by atoms with Gasteiger partial charge < -0.3 is 33.8 Å². The van der Waals surface area contributed by atoms with E-state index in [1.165, 1.54) is 225 Å². The Morgan fingerprint density at radius 1 is 0.317 bits per heavy atom. The van der Waals surface area contributed by atoms with Crippen LogP contribution in [0.2, 0.25) is 0 Å². The highest BCUT2D eigenvalue weighted by molar-refractivity contribution is 7.47. The predicted octanol–water partition coefficient (Wildman–Crippen LogP) is 25.4. The van der Waals surface area contributed by atoms with Crippen molar-refractivity contribution in [2.45, 2.75) is 445 Å². The lowest BCUT2D eigenvalue weighted by Crippen LogP contribution is -2.30. The molecule has 0 aromatic carbocycles. The largest absolute Gasteiger partial charge is 0.472 e. The number of aliphatic hydroxyl groups is 1. The molecule has 0 radical (unpaired) electrons. The summed E-state index contributed by atoms with van der Waals surface area (Å²) in [5.74, 6) is -0.456. The Bertz CT molecular complexity index is 2090. The summed E-state index contributed by atoms with van der Waals surface area (Å²) in [5, 5.41) is 10.6. The fourth-order valence-corrected chi connectivity index (χ4v) is 14.3. The summed E-state index contributed by atoms with van der Waals surface area (Å²) in [4.78, 5) is 73.0. The third-order valence-corrected chi connectivity index (χ3v) is 21.6. The van der Waals surface area contributed by atoms with Gasteiger partial charge in [0.25, 0.3) is 0 Å². The lowest BCUT2D eigenvalue weighted by atomic mass is 9.99. The molecule has 104 heavy (non-hydrogen) atoms. The van der Waals surface area contributed by atoms with Gasteiger partial charge in [0, 0.05) is 25.7 Å². The van der Waals surface area contributed by atoms with Gasteiger partial charge in [-0.25, -0.2) is 9.13 Å². The summed E-state index contributed by atoms with van der Waals surface area (Å²) in [5.41, 5.74) is 0. The molecule has 0 aromatic rings. The molecule has 0 aliphatic carbocycles. The Labute approximate surface area is 637 Å². The minimum absolute atomic E-state index is 0.0851. The van der Waals surface area contributed by atoms with E-state index < -0.39 is 97.5 Å². The van der Waals surface area contributed by atoms with Crippen LogP contribution in [0.5, 0.6) is 0 Å². The third kappa shape index (κ3) is 76.3. The smallest absolute Gasteiger partial charge is 0.462 e. The van der Waals surface area contributed by atoms with Crippen LogP contribution < -0.4 is 0 Å². The second kappa shape index (κ2) is 75.9. The molecular formula is C85H162O17P2. The molecule has 0 aliphatic heterocycles. The van der Waals surface area contributed by atoms with Gasteiger partial charge in [-0.05, 0) is 63.2 Å². The topological polar surface area (TPSA) is 237 Å². The Morgan fingerprint density at radius 3 is 0.865 bits per heavy atom. The zero-order valence-electron chi connectivity index (χ0n) is 67.8. The lowest BCUT2D eigenvalue weighted by Gasteiger charge is -2.21. The fraction of sp³-hybridized carbons (Fsp3) is 0.906. The number of ether oxygens (including phenoxy) is 4. The molecule has 3 N–H and O–H groups in total. The van der Waals surface area contributed by atoms with Crippen molar-refractivity contribution in [3.8, 4) is 0 Å². The van der Waals surface area contributed by atoms with Gasteiger partial charge in [-0.15, -0.1) is 0 Å². The van der Waals surface area contributed by atoms with Crippen LogP contribution in [0.15, 0.2) is 24.3 Å². The van der Waals surface area contributed by atoms with Crippen molar-refractivity contribution in [3.63, 3.8) is 0 Å². The predicted molar refractivity (Wildman–Crippen MR) is 427 cm³/mol. The van der Waals surface area contributed by atoms with E-state index in [1.54, 1.807) is 0 Å². The Kier molecular flexibility index (Phi) is 74.1. The standard InChI is InChI=1S/C85H162O17P2/c1-7-10-12-14-16-18-19-20-27-35-40-45-51-57-63-69-84(89)101-80(73-95-82(87)67-61-55-49-17-15-13-11-8-2)75-99-103(91,92)97-71-79(86)72-98-104(93,94)100-76-81(74-96-83(88)68-62-56-50-44-39-34-30-26-25-28-32-37-42-47-53-59-65-77(4)5)102-85(90)70-64-58-52-46-41-36-31-24-22-21-23-29-33-38-43-48-54-60-66-78(6)9-3/h18-20,27,77-81,86H,7-17,21-26,28-76H2,1-6H3,(H,91,92)(H,93,94)/b19-18-,27-20-/t78?,79-,80+,81+/m0/s1. The fourth-order valence-electron chi connectivity index (χ4n) is 12.7. The van der Waals surface area contributed by atoms with Crippen LogP contribution in [0.25, 0.3) is 0 Å². The van der Waals surface area contributed by atoms with Gasteiger partial charge >= 0.3 is 39.5 Å². The Balaban J connectivity index is 5.21. The van der Waals surface area contributed by atoms with Gasteiger partial charge in [0.15, 0.2) is 12.2 Å². The Morgan fingerprint density at radius 2 is 0.567 bits per heavy atom. The molecule has 0 saturated heterocycles. The monoisotopic (exact) mass is 1520 g/mol. The van der Waals surface area contributed by atoms with Crippen molar-refractivity contribution in [3.05, 3.63) is 24.3 Å². The second-order valence-electron chi connectivity index (χ2n) is 30.6. The highest BCUT2D eigenvalue weighted by atomic mass is 31.2. The molecule has 0 heterocycles. The number of unbranched alkanes of at least 4 members (excludes halogenated alkanes) is 48. The summed E-state index contributed by atoms with van der Waals surface area (Å²) in [6, 6.07) is 0. The van der Waals surface area contributed by atoms with Crippen molar-refractivity contribution in [1.29, 1.82) is 0 Å². The van der Waals surface area contributed by atoms with Gasteiger partial charge in [-0.2, -0.15) is 0 Å². The first-order chi connectivity index (χ1) is 50.4. The molecule has 6 atom stereocenters. The first-order valence-corrected chi connectivity index (χ1v) is 46.3. The van der Waals surface area contributed by atoms with E-state index >= 15 is 0 Å². The van der Waals surface area contributed by atoms with E-state index in [9.17, 15) is 43.2 Å². The first-order valence-electron chi connectivity index (χ1n) is 43.3. The summed E-state index contributed by atoms with van der Waals surface area (Å²) in [7, 11) is -9.93. The van der Waals surface area contributed by atoms with Gasteiger partial charge in [0.1, 0.15) is 19.3 Å².